The van der Waals surface area contributed by atoms with E-state index in [4.69, 9.17) is 0 Å². The van der Waals surface area contributed by atoms with Gasteiger partial charge < -0.3 is 15.1 Å². The quantitative estimate of drug-likeness (QED) is 0.700. The SMILES string of the molecule is CN(CC(O)c1ccc(O)cc1)C(=O)CN1C(=O)SC(=Cc2cccs2)C1=O. The van der Waals surface area contributed by atoms with Crippen LogP contribution < -0.4 is 0 Å². The molecule has 1 atom stereocenters. The third-order valence-corrected chi connectivity index (χ3v) is 5.86. The van der Waals surface area contributed by atoms with Crippen LogP contribution in [-0.4, -0.2) is 57.2 Å². The number of nitrogens with zero attached hydrogens (tertiary/aromatic N) is 2. The maximum atomic E-state index is 12.5. The molecule has 0 aliphatic carbocycles. The number of thiophene rings is 1. The molecule has 3 amide bonds. The fraction of sp³-hybridized carbons (Fsp3) is 0.211. The molecule has 28 heavy (non-hydrogen) atoms. The lowest BCUT2D eigenvalue weighted by Gasteiger charge is -2.23. The zero-order valence-corrected chi connectivity index (χ0v) is 16.6. The second-order valence-electron chi connectivity index (χ2n) is 6.16. The number of carbonyl (C=O) groups excluding carboxylic acids is 3. The average Bonchev–Trinajstić information content (AvgIpc) is 3.26. The number of phenols is 1. The Morgan fingerprint density at radius 1 is 1.25 bits per heavy atom. The van der Waals surface area contributed by atoms with Crippen molar-refractivity contribution in [3.05, 3.63) is 57.1 Å². The Balaban J connectivity index is 1.61. The van der Waals surface area contributed by atoms with Gasteiger partial charge in [0.2, 0.25) is 5.91 Å². The van der Waals surface area contributed by atoms with Crippen molar-refractivity contribution in [1.29, 1.82) is 0 Å². The Labute approximate surface area is 169 Å². The topological polar surface area (TPSA) is 98.2 Å². The predicted octanol–water partition coefficient (Wildman–Crippen LogP) is 2.68. The first kappa shape index (κ1) is 20.1. The number of aliphatic hydroxyl groups is 1. The number of hydrogen-bond acceptors (Lipinski definition) is 7. The summed E-state index contributed by atoms with van der Waals surface area (Å²) in [6.07, 6.45) is 0.682. The number of likely N-dealkylation sites (N-methyl/N-ethyl adjacent to an activating group) is 1. The highest BCUT2D eigenvalue weighted by molar-refractivity contribution is 8.18. The largest absolute Gasteiger partial charge is 0.508 e. The smallest absolute Gasteiger partial charge is 0.294 e. The molecule has 1 aliphatic heterocycles. The van der Waals surface area contributed by atoms with Gasteiger partial charge in [-0.1, -0.05) is 18.2 Å². The third kappa shape index (κ3) is 4.61. The van der Waals surface area contributed by atoms with Crippen LogP contribution in [0.25, 0.3) is 6.08 Å². The number of rotatable bonds is 6. The van der Waals surface area contributed by atoms with E-state index in [1.807, 2.05) is 17.5 Å². The van der Waals surface area contributed by atoms with E-state index in [2.05, 4.69) is 0 Å². The summed E-state index contributed by atoms with van der Waals surface area (Å²) in [4.78, 5) is 40.4. The first-order valence-corrected chi connectivity index (χ1v) is 10.0. The molecular weight excluding hydrogens is 400 g/mol. The summed E-state index contributed by atoms with van der Waals surface area (Å²) in [6.45, 7) is -0.393. The van der Waals surface area contributed by atoms with Crippen LogP contribution in [0.3, 0.4) is 0 Å². The molecule has 146 valence electrons. The van der Waals surface area contributed by atoms with Crippen LogP contribution in [0.15, 0.2) is 46.7 Å². The summed E-state index contributed by atoms with van der Waals surface area (Å²) in [5, 5.41) is 20.9. The summed E-state index contributed by atoms with van der Waals surface area (Å²) in [5.74, 6) is -0.878. The normalized spacial score (nSPS) is 16.6. The van der Waals surface area contributed by atoms with Crippen molar-refractivity contribution in [2.75, 3.05) is 20.1 Å². The highest BCUT2D eigenvalue weighted by atomic mass is 32.2. The molecule has 0 bridgehead atoms. The summed E-state index contributed by atoms with van der Waals surface area (Å²) >= 11 is 2.26. The van der Waals surface area contributed by atoms with Crippen molar-refractivity contribution >= 4 is 46.2 Å². The molecule has 1 fully saturated rings. The number of thioether (sulfide) groups is 1. The van der Waals surface area contributed by atoms with Crippen molar-refractivity contribution in [3.8, 4) is 5.75 Å². The third-order valence-electron chi connectivity index (χ3n) is 4.13. The van der Waals surface area contributed by atoms with Crippen LogP contribution in [0, 0.1) is 0 Å². The van der Waals surface area contributed by atoms with Crippen LogP contribution >= 0.6 is 23.1 Å². The fourth-order valence-corrected chi connectivity index (χ4v) is 4.12. The van der Waals surface area contributed by atoms with Gasteiger partial charge in [0.05, 0.1) is 17.6 Å². The molecule has 1 aromatic heterocycles. The van der Waals surface area contributed by atoms with E-state index in [9.17, 15) is 24.6 Å². The van der Waals surface area contributed by atoms with Gasteiger partial charge in [-0.05, 0) is 47.0 Å². The minimum absolute atomic E-state index is 0.00906. The van der Waals surface area contributed by atoms with Gasteiger partial charge in [0.15, 0.2) is 0 Å². The molecule has 0 radical (unpaired) electrons. The molecular formula is C19H18N2O5S2. The van der Waals surface area contributed by atoms with Crippen LogP contribution in [-0.2, 0) is 9.59 Å². The van der Waals surface area contributed by atoms with Gasteiger partial charge in [-0.3, -0.25) is 19.3 Å². The number of aliphatic hydroxyl groups excluding tert-OH is 1. The lowest BCUT2D eigenvalue weighted by molar-refractivity contribution is -0.135. The van der Waals surface area contributed by atoms with E-state index < -0.39 is 23.2 Å². The number of benzene rings is 1. The van der Waals surface area contributed by atoms with Gasteiger partial charge >= 0.3 is 0 Å². The van der Waals surface area contributed by atoms with Crippen molar-refractivity contribution in [3.63, 3.8) is 0 Å². The van der Waals surface area contributed by atoms with Gasteiger partial charge in [0.25, 0.3) is 11.1 Å². The minimum atomic E-state index is -0.955. The first-order chi connectivity index (χ1) is 13.3. The second-order valence-corrected chi connectivity index (χ2v) is 8.14. The maximum absolute atomic E-state index is 12.5. The molecule has 1 aliphatic rings. The molecule has 7 nitrogen and oxygen atoms in total. The number of phenolic OH excluding ortho intramolecular Hbond substituents is 1. The number of hydrogen-bond donors (Lipinski definition) is 2. The second kappa shape index (κ2) is 8.59. The van der Waals surface area contributed by atoms with Gasteiger partial charge in [-0.25, -0.2) is 0 Å². The molecule has 0 saturated carbocycles. The maximum Gasteiger partial charge on any atom is 0.294 e. The van der Waals surface area contributed by atoms with E-state index >= 15 is 0 Å². The molecule has 2 heterocycles. The first-order valence-electron chi connectivity index (χ1n) is 8.35. The minimum Gasteiger partial charge on any atom is -0.508 e. The lowest BCUT2D eigenvalue weighted by Crippen LogP contribution is -2.41. The Bertz CT molecular complexity index is 909. The molecule has 2 N–H and O–H groups in total. The molecule has 0 spiro atoms. The van der Waals surface area contributed by atoms with Crippen LogP contribution in [0.1, 0.15) is 16.5 Å². The molecule has 1 aromatic carbocycles. The van der Waals surface area contributed by atoms with Crippen molar-refractivity contribution < 1.29 is 24.6 Å². The fourth-order valence-electron chi connectivity index (χ4n) is 2.56. The van der Waals surface area contributed by atoms with Gasteiger partial charge in [-0.15, -0.1) is 11.3 Å². The zero-order valence-electron chi connectivity index (χ0n) is 14.9. The highest BCUT2D eigenvalue weighted by Crippen LogP contribution is 2.32. The van der Waals surface area contributed by atoms with Gasteiger partial charge in [0.1, 0.15) is 12.3 Å². The Morgan fingerprint density at radius 2 is 1.96 bits per heavy atom. The predicted molar refractivity (Wildman–Crippen MR) is 108 cm³/mol. The molecule has 1 unspecified atom stereocenters. The Morgan fingerprint density at radius 3 is 2.61 bits per heavy atom. The zero-order chi connectivity index (χ0) is 20.3. The molecule has 3 rings (SSSR count). The van der Waals surface area contributed by atoms with E-state index in [0.717, 1.165) is 21.5 Å². The molecule has 9 heteroatoms. The van der Waals surface area contributed by atoms with E-state index in [0.29, 0.717) is 5.56 Å². The lowest BCUT2D eigenvalue weighted by atomic mass is 10.1. The van der Waals surface area contributed by atoms with Gasteiger partial charge in [-0.2, -0.15) is 0 Å². The summed E-state index contributed by atoms with van der Waals surface area (Å²) < 4.78 is 0. The van der Waals surface area contributed by atoms with Crippen LogP contribution in [0.4, 0.5) is 4.79 Å². The Hall–Kier alpha value is -2.62. The number of imide groups is 1. The molecule has 1 saturated heterocycles. The van der Waals surface area contributed by atoms with Crippen molar-refractivity contribution in [1.82, 2.24) is 9.80 Å². The van der Waals surface area contributed by atoms with Crippen LogP contribution in [0.2, 0.25) is 0 Å². The average molecular weight is 418 g/mol. The van der Waals surface area contributed by atoms with Crippen LogP contribution in [0.5, 0.6) is 5.75 Å². The number of carbonyl (C=O) groups is 3. The van der Waals surface area contributed by atoms with E-state index in [1.165, 1.54) is 35.4 Å². The van der Waals surface area contributed by atoms with Crippen molar-refractivity contribution in [2.24, 2.45) is 0 Å². The van der Waals surface area contributed by atoms with E-state index in [-0.39, 0.29) is 23.7 Å². The highest BCUT2D eigenvalue weighted by Gasteiger charge is 2.37. The summed E-state index contributed by atoms with van der Waals surface area (Å²) in [6, 6.07) is 9.69. The monoisotopic (exact) mass is 418 g/mol. The van der Waals surface area contributed by atoms with Gasteiger partial charge in [0, 0.05) is 11.9 Å². The standard InChI is InChI=1S/C19H18N2O5S2/c1-20(10-15(23)12-4-6-13(22)7-5-12)17(24)11-21-18(25)16(28-19(21)26)9-14-3-2-8-27-14/h2-9,15,22-23H,10-11H2,1H3. The summed E-state index contributed by atoms with van der Waals surface area (Å²) in [7, 11) is 1.49. The summed E-state index contributed by atoms with van der Waals surface area (Å²) in [5.41, 5.74) is 0.544. The van der Waals surface area contributed by atoms with Crippen molar-refractivity contribution in [2.45, 2.75) is 6.10 Å². The number of amides is 3. The molecule has 2 aromatic rings. The number of aromatic hydroxyl groups is 1. The van der Waals surface area contributed by atoms with E-state index in [1.54, 1.807) is 18.2 Å². The Kier molecular flexibility index (Phi) is 6.18.